The SMILES string of the molecule is CC(C)(C)NC(=O)CN1C(C)(C)CC2(CC2NC(=O)c2cc(F)cc(Cl)c2)CC1(C)C. The summed E-state index contributed by atoms with van der Waals surface area (Å²) >= 11 is 5.90. The first-order valence-electron chi connectivity index (χ1n) is 10.9. The van der Waals surface area contributed by atoms with Crippen LogP contribution >= 0.6 is 11.6 Å². The number of halogens is 2. The molecule has 3 rings (SSSR count). The minimum atomic E-state index is -0.521. The number of likely N-dealkylation sites (tertiary alicyclic amines) is 1. The number of nitrogens with one attached hydrogen (secondary N) is 2. The summed E-state index contributed by atoms with van der Waals surface area (Å²) in [4.78, 5) is 27.6. The minimum Gasteiger partial charge on any atom is -0.350 e. The molecule has 1 saturated heterocycles. The molecule has 0 bridgehead atoms. The first kappa shape index (κ1) is 24.0. The molecule has 2 N–H and O–H groups in total. The molecule has 1 atom stereocenters. The van der Waals surface area contributed by atoms with E-state index in [1.807, 2.05) is 20.8 Å². The fraction of sp³-hybridized carbons (Fsp3) is 0.667. The van der Waals surface area contributed by atoms with Crippen LogP contribution in [0.5, 0.6) is 0 Å². The van der Waals surface area contributed by atoms with Gasteiger partial charge in [0.2, 0.25) is 5.91 Å². The summed E-state index contributed by atoms with van der Waals surface area (Å²) in [6, 6.07) is 3.92. The fourth-order valence-corrected chi connectivity index (χ4v) is 5.92. The van der Waals surface area contributed by atoms with Crippen molar-refractivity contribution >= 4 is 23.4 Å². The van der Waals surface area contributed by atoms with Gasteiger partial charge in [-0.05, 0) is 91.3 Å². The average molecular weight is 452 g/mol. The third kappa shape index (κ3) is 5.40. The second-order valence-electron chi connectivity index (χ2n) is 11.6. The lowest BCUT2D eigenvalue weighted by Gasteiger charge is -2.56. The first-order valence-corrected chi connectivity index (χ1v) is 11.3. The Morgan fingerprint density at radius 1 is 1.13 bits per heavy atom. The molecule has 1 spiro atoms. The Kier molecular flexibility index (Phi) is 5.98. The molecule has 1 unspecified atom stereocenters. The lowest BCUT2D eigenvalue weighted by atomic mass is 9.71. The summed E-state index contributed by atoms with van der Waals surface area (Å²) in [5.74, 6) is -0.800. The zero-order valence-corrected chi connectivity index (χ0v) is 20.4. The van der Waals surface area contributed by atoms with Crippen molar-refractivity contribution < 1.29 is 14.0 Å². The molecule has 172 valence electrons. The molecule has 2 aliphatic rings. The predicted molar refractivity (Wildman–Crippen MR) is 122 cm³/mol. The van der Waals surface area contributed by atoms with E-state index in [1.165, 1.54) is 18.2 Å². The van der Waals surface area contributed by atoms with E-state index in [4.69, 9.17) is 11.6 Å². The smallest absolute Gasteiger partial charge is 0.251 e. The van der Waals surface area contributed by atoms with Crippen LogP contribution in [0.3, 0.4) is 0 Å². The second kappa shape index (κ2) is 7.73. The highest BCUT2D eigenvalue weighted by atomic mass is 35.5. The molecule has 2 fully saturated rings. The van der Waals surface area contributed by atoms with Crippen LogP contribution in [0.15, 0.2) is 18.2 Å². The number of carbonyl (C=O) groups excluding carboxylic acids is 2. The molecule has 0 radical (unpaired) electrons. The second-order valence-corrected chi connectivity index (χ2v) is 12.0. The van der Waals surface area contributed by atoms with Crippen molar-refractivity contribution in [2.75, 3.05) is 6.54 Å². The van der Waals surface area contributed by atoms with Gasteiger partial charge in [-0.3, -0.25) is 14.5 Å². The van der Waals surface area contributed by atoms with Crippen molar-refractivity contribution in [3.8, 4) is 0 Å². The van der Waals surface area contributed by atoms with Gasteiger partial charge >= 0.3 is 0 Å². The highest BCUT2D eigenvalue weighted by molar-refractivity contribution is 6.31. The van der Waals surface area contributed by atoms with Crippen molar-refractivity contribution in [1.29, 1.82) is 0 Å². The summed E-state index contributed by atoms with van der Waals surface area (Å²) < 4.78 is 13.6. The lowest BCUT2D eigenvalue weighted by molar-refractivity contribution is -0.132. The van der Waals surface area contributed by atoms with Crippen molar-refractivity contribution in [3.63, 3.8) is 0 Å². The van der Waals surface area contributed by atoms with Gasteiger partial charge in [0.25, 0.3) is 5.91 Å². The first-order chi connectivity index (χ1) is 14.0. The normalized spacial score (nSPS) is 24.0. The van der Waals surface area contributed by atoms with E-state index in [9.17, 15) is 14.0 Å². The molecule has 1 heterocycles. The maximum absolute atomic E-state index is 13.6. The Bertz CT molecular complexity index is 853. The highest BCUT2D eigenvalue weighted by Gasteiger charge is 2.63. The maximum Gasteiger partial charge on any atom is 0.251 e. The Hall–Kier alpha value is -1.66. The van der Waals surface area contributed by atoms with Gasteiger partial charge in [-0.1, -0.05) is 11.6 Å². The number of hydrogen-bond donors (Lipinski definition) is 2. The minimum absolute atomic E-state index is 0.0171. The van der Waals surface area contributed by atoms with Gasteiger partial charge in [-0.2, -0.15) is 0 Å². The monoisotopic (exact) mass is 451 g/mol. The van der Waals surface area contributed by atoms with E-state index in [0.29, 0.717) is 6.54 Å². The van der Waals surface area contributed by atoms with E-state index in [0.717, 1.165) is 19.3 Å². The van der Waals surface area contributed by atoms with Gasteiger partial charge in [0, 0.05) is 33.2 Å². The zero-order chi connectivity index (χ0) is 23.4. The molecule has 1 aromatic rings. The Morgan fingerprint density at radius 2 is 1.71 bits per heavy atom. The van der Waals surface area contributed by atoms with Crippen molar-refractivity contribution in [2.24, 2.45) is 5.41 Å². The highest BCUT2D eigenvalue weighted by Crippen LogP contribution is 2.61. The van der Waals surface area contributed by atoms with E-state index in [-0.39, 0.29) is 50.5 Å². The third-order valence-corrected chi connectivity index (χ3v) is 6.68. The van der Waals surface area contributed by atoms with E-state index in [2.05, 4.69) is 43.2 Å². The number of nitrogens with zero attached hydrogens (tertiary/aromatic N) is 1. The molecule has 2 amide bonds. The number of amides is 2. The number of piperidine rings is 1. The maximum atomic E-state index is 13.6. The number of benzene rings is 1. The van der Waals surface area contributed by atoms with Gasteiger partial charge in [0.1, 0.15) is 5.82 Å². The topological polar surface area (TPSA) is 61.4 Å². The van der Waals surface area contributed by atoms with Gasteiger partial charge in [-0.15, -0.1) is 0 Å². The van der Waals surface area contributed by atoms with Crippen LogP contribution in [-0.4, -0.2) is 45.9 Å². The van der Waals surface area contributed by atoms with Crippen LogP contribution in [0.4, 0.5) is 4.39 Å². The van der Waals surface area contributed by atoms with Crippen molar-refractivity contribution in [3.05, 3.63) is 34.6 Å². The number of rotatable bonds is 4. The zero-order valence-electron chi connectivity index (χ0n) is 19.7. The molecular formula is C24H35ClFN3O2. The predicted octanol–water partition coefficient (Wildman–Crippen LogP) is 4.54. The van der Waals surface area contributed by atoms with E-state index >= 15 is 0 Å². The van der Waals surface area contributed by atoms with Crippen LogP contribution in [-0.2, 0) is 4.79 Å². The molecule has 1 aliphatic heterocycles. The molecule has 7 heteroatoms. The van der Waals surface area contributed by atoms with Gasteiger partial charge in [0.15, 0.2) is 0 Å². The van der Waals surface area contributed by atoms with Gasteiger partial charge in [-0.25, -0.2) is 4.39 Å². The van der Waals surface area contributed by atoms with Crippen LogP contribution in [0.1, 0.15) is 78.1 Å². The standard InChI is InChI=1S/C24H35ClFN3O2/c1-21(2,3)28-19(30)12-29-22(4,5)13-24(14-23(29,6)7)11-18(24)27-20(31)15-8-16(25)10-17(26)9-15/h8-10,18H,11-14H2,1-7H3,(H,27,31)(H,28,30). The molecule has 1 aliphatic carbocycles. The molecule has 1 saturated carbocycles. The van der Waals surface area contributed by atoms with Crippen LogP contribution < -0.4 is 10.6 Å². The summed E-state index contributed by atoms with van der Waals surface area (Å²) in [7, 11) is 0. The number of hydrogen-bond acceptors (Lipinski definition) is 3. The molecule has 31 heavy (non-hydrogen) atoms. The Morgan fingerprint density at radius 3 is 2.23 bits per heavy atom. The largest absolute Gasteiger partial charge is 0.350 e. The summed E-state index contributed by atoms with van der Waals surface area (Å²) in [5, 5.41) is 6.35. The Balaban J connectivity index is 1.71. The lowest BCUT2D eigenvalue weighted by Crippen LogP contribution is -2.64. The molecule has 1 aromatic carbocycles. The van der Waals surface area contributed by atoms with Crippen LogP contribution in [0.2, 0.25) is 5.02 Å². The van der Waals surface area contributed by atoms with E-state index in [1.54, 1.807) is 0 Å². The average Bonchev–Trinajstić information content (AvgIpc) is 3.17. The van der Waals surface area contributed by atoms with Crippen molar-refractivity contribution in [2.45, 2.75) is 90.4 Å². The third-order valence-electron chi connectivity index (χ3n) is 6.47. The molecular weight excluding hydrogens is 417 g/mol. The quantitative estimate of drug-likeness (QED) is 0.706. The van der Waals surface area contributed by atoms with Gasteiger partial charge < -0.3 is 10.6 Å². The summed E-state index contributed by atoms with van der Waals surface area (Å²) in [6.45, 7) is 15.0. The van der Waals surface area contributed by atoms with E-state index < -0.39 is 5.82 Å². The van der Waals surface area contributed by atoms with Crippen LogP contribution in [0, 0.1) is 11.2 Å². The fourth-order valence-electron chi connectivity index (χ4n) is 5.69. The summed E-state index contributed by atoms with van der Waals surface area (Å²) in [6.07, 6.45) is 2.64. The van der Waals surface area contributed by atoms with Crippen molar-refractivity contribution in [1.82, 2.24) is 15.5 Å². The molecule has 5 nitrogen and oxygen atoms in total. The van der Waals surface area contributed by atoms with Gasteiger partial charge in [0.05, 0.1) is 6.54 Å². The van der Waals surface area contributed by atoms with Crippen LogP contribution in [0.25, 0.3) is 0 Å². The number of carbonyl (C=O) groups is 2. The molecule has 0 aromatic heterocycles. The summed E-state index contributed by atoms with van der Waals surface area (Å²) in [5.41, 5.74) is -0.468. The Labute approximate surface area is 190 Å².